The summed E-state index contributed by atoms with van der Waals surface area (Å²) in [6.07, 6.45) is 2.31. The van der Waals surface area contributed by atoms with Crippen LogP contribution in [0.25, 0.3) is 0 Å². The zero-order valence-corrected chi connectivity index (χ0v) is 11.7. The minimum absolute atomic E-state index is 0.525. The van der Waals surface area contributed by atoms with Crippen molar-refractivity contribution in [3.63, 3.8) is 0 Å². The summed E-state index contributed by atoms with van der Waals surface area (Å²) < 4.78 is 0. The summed E-state index contributed by atoms with van der Waals surface area (Å²) >= 11 is 0. The fourth-order valence-electron chi connectivity index (χ4n) is 1.95. The molecule has 0 spiro atoms. The third-order valence-corrected chi connectivity index (χ3v) is 3.32. The van der Waals surface area contributed by atoms with Gasteiger partial charge in [0.1, 0.15) is 0 Å². The highest BCUT2D eigenvalue weighted by atomic mass is 16.3. The van der Waals surface area contributed by atoms with Crippen LogP contribution < -0.4 is 4.90 Å². The Labute approximate surface area is 114 Å². The molecule has 1 N–H and O–H groups in total. The normalized spacial score (nSPS) is 12.2. The molecule has 3 heteroatoms. The SMILES string of the molecule is CCc1ccc(N(C)c2ccc(C(C)O)nc2)cc1. The average molecular weight is 256 g/mol. The van der Waals surface area contributed by atoms with E-state index in [2.05, 4.69) is 41.1 Å². The number of hydrogen-bond donors (Lipinski definition) is 1. The average Bonchev–Trinajstić information content (AvgIpc) is 2.46. The third kappa shape index (κ3) is 3.12. The molecule has 0 fully saturated rings. The van der Waals surface area contributed by atoms with Crippen LogP contribution in [0.15, 0.2) is 42.6 Å². The van der Waals surface area contributed by atoms with Crippen LogP contribution in [-0.4, -0.2) is 17.1 Å². The number of aryl methyl sites for hydroxylation is 1. The summed E-state index contributed by atoms with van der Waals surface area (Å²) in [7, 11) is 2.01. The minimum atomic E-state index is -0.525. The third-order valence-electron chi connectivity index (χ3n) is 3.32. The molecule has 0 bridgehead atoms. The molecule has 100 valence electrons. The Kier molecular flexibility index (Phi) is 4.17. The molecular weight excluding hydrogens is 236 g/mol. The monoisotopic (exact) mass is 256 g/mol. The van der Waals surface area contributed by atoms with E-state index in [-0.39, 0.29) is 0 Å². The minimum Gasteiger partial charge on any atom is -0.387 e. The van der Waals surface area contributed by atoms with E-state index in [9.17, 15) is 5.11 Å². The summed E-state index contributed by atoms with van der Waals surface area (Å²) in [5, 5.41) is 9.45. The Hall–Kier alpha value is -1.87. The van der Waals surface area contributed by atoms with Crippen molar-refractivity contribution in [3.05, 3.63) is 53.9 Å². The van der Waals surface area contributed by atoms with Gasteiger partial charge in [0, 0.05) is 12.7 Å². The van der Waals surface area contributed by atoms with E-state index >= 15 is 0 Å². The number of nitrogens with zero attached hydrogens (tertiary/aromatic N) is 2. The zero-order valence-electron chi connectivity index (χ0n) is 11.7. The highest BCUT2D eigenvalue weighted by molar-refractivity contribution is 5.61. The Morgan fingerprint density at radius 1 is 1.11 bits per heavy atom. The molecule has 1 aromatic carbocycles. The van der Waals surface area contributed by atoms with E-state index in [0.717, 1.165) is 17.8 Å². The molecule has 0 aliphatic heterocycles. The lowest BCUT2D eigenvalue weighted by atomic mass is 10.1. The summed E-state index contributed by atoms with van der Waals surface area (Å²) in [5.74, 6) is 0. The number of pyridine rings is 1. The molecule has 0 saturated heterocycles. The summed E-state index contributed by atoms with van der Waals surface area (Å²) in [5.41, 5.74) is 4.16. The van der Waals surface area contributed by atoms with Crippen LogP contribution in [0.4, 0.5) is 11.4 Å². The number of aromatic nitrogens is 1. The van der Waals surface area contributed by atoms with Crippen molar-refractivity contribution in [1.29, 1.82) is 0 Å². The maximum absolute atomic E-state index is 9.45. The molecule has 0 saturated carbocycles. The van der Waals surface area contributed by atoms with Gasteiger partial charge in [-0.2, -0.15) is 0 Å². The van der Waals surface area contributed by atoms with Gasteiger partial charge >= 0.3 is 0 Å². The first-order valence-electron chi connectivity index (χ1n) is 6.58. The summed E-state index contributed by atoms with van der Waals surface area (Å²) in [4.78, 5) is 6.35. The second-order valence-electron chi connectivity index (χ2n) is 4.70. The number of aliphatic hydroxyl groups excluding tert-OH is 1. The van der Waals surface area contributed by atoms with Gasteiger partial charge in [-0.1, -0.05) is 19.1 Å². The van der Waals surface area contributed by atoms with Crippen LogP contribution in [0.5, 0.6) is 0 Å². The van der Waals surface area contributed by atoms with E-state index in [4.69, 9.17) is 0 Å². The van der Waals surface area contributed by atoms with Crippen LogP contribution in [0.3, 0.4) is 0 Å². The first-order valence-corrected chi connectivity index (χ1v) is 6.58. The first kappa shape index (κ1) is 13.6. The smallest absolute Gasteiger partial charge is 0.0931 e. The molecule has 2 rings (SSSR count). The van der Waals surface area contributed by atoms with Crippen LogP contribution in [0, 0.1) is 0 Å². The molecule has 0 aliphatic carbocycles. The maximum Gasteiger partial charge on any atom is 0.0931 e. The molecule has 19 heavy (non-hydrogen) atoms. The van der Waals surface area contributed by atoms with Gasteiger partial charge in [-0.05, 0) is 43.2 Å². The second kappa shape index (κ2) is 5.85. The van der Waals surface area contributed by atoms with E-state index in [0.29, 0.717) is 5.69 Å². The Morgan fingerprint density at radius 3 is 2.21 bits per heavy atom. The van der Waals surface area contributed by atoms with Gasteiger partial charge < -0.3 is 10.0 Å². The van der Waals surface area contributed by atoms with Crippen molar-refractivity contribution < 1.29 is 5.11 Å². The van der Waals surface area contributed by atoms with E-state index in [1.165, 1.54) is 5.56 Å². The lowest BCUT2D eigenvalue weighted by Gasteiger charge is -2.20. The molecule has 0 amide bonds. The molecule has 2 aromatic rings. The van der Waals surface area contributed by atoms with Gasteiger partial charge in [0.2, 0.25) is 0 Å². The summed E-state index contributed by atoms with van der Waals surface area (Å²) in [6.45, 7) is 3.87. The number of hydrogen-bond acceptors (Lipinski definition) is 3. The van der Waals surface area contributed by atoms with Crippen molar-refractivity contribution in [2.24, 2.45) is 0 Å². The van der Waals surface area contributed by atoms with Gasteiger partial charge in [0.05, 0.1) is 23.7 Å². The van der Waals surface area contributed by atoms with E-state index < -0.39 is 6.10 Å². The van der Waals surface area contributed by atoms with Crippen LogP contribution in [0.2, 0.25) is 0 Å². The zero-order chi connectivity index (χ0) is 13.8. The van der Waals surface area contributed by atoms with Crippen LogP contribution >= 0.6 is 0 Å². The Balaban J connectivity index is 2.20. The number of rotatable bonds is 4. The van der Waals surface area contributed by atoms with Crippen molar-refractivity contribution in [2.45, 2.75) is 26.4 Å². The number of aliphatic hydroxyl groups is 1. The van der Waals surface area contributed by atoms with E-state index in [1.807, 2.05) is 19.2 Å². The Morgan fingerprint density at radius 2 is 1.74 bits per heavy atom. The number of anilines is 2. The first-order chi connectivity index (χ1) is 9.11. The highest BCUT2D eigenvalue weighted by Gasteiger charge is 2.06. The van der Waals surface area contributed by atoms with Gasteiger partial charge in [0.25, 0.3) is 0 Å². The van der Waals surface area contributed by atoms with Gasteiger partial charge in [-0.25, -0.2) is 0 Å². The molecule has 1 atom stereocenters. The quantitative estimate of drug-likeness (QED) is 0.910. The second-order valence-corrected chi connectivity index (χ2v) is 4.70. The largest absolute Gasteiger partial charge is 0.387 e. The topological polar surface area (TPSA) is 36.4 Å². The fourth-order valence-corrected chi connectivity index (χ4v) is 1.95. The van der Waals surface area contributed by atoms with Crippen molar-refractivity contribution in [1.82, 2.24) is 4.98 Å². The predicted molar refractivity (Wildman–Crippen MR) is 78.8 cm³/mol. The molecular formula is C16H20N2O. The van der Waals surface area contributed by atoms with Crippen molar-refractivity contribution in [2.75, 3.05) is 11.9 Å². The fraction of sp³-hybridized carbons (Fsp3) is 0.312. The van der Waals surface area contributed by atoms with Crippen LogP contribution in [-0.2, 0) is 6.42 Å². The molecule has 1 heterocycles. The van der Waals surface area contributed by atoms with E-state index in [1.54, 1.807) is 13.1 Å². The van der Waals surface area contributed by atoms with Crippen LogP contribution in [0.1, 0.15) is 31.2 Å². The Bertz CT molecular complexity index is 517. The molecule has 1 unspecified atom stereocenters. The molecule has 0 radical (unpaired) electrons. The lowest BCUT2D eigenvalue weighted by Crippen LogP contribution is -2.10. The maximum atomic E-state index is 9.45. The van der Waals surface area contributed by atoms with Crippen molar-refractivity contribution in [3.8, 4) is 0 Å². The van der Waals surface area contributed by atoms with Gasteiger partial charge in [-0.3, -0.25) is 4.98 Å². The summed E-state index contributed by atoms with van der Waals surface area (Å²) in [6, 6.07) is 12.3. The number of benzene rings is 1. The van der Waals surface area contributed by atoms with Crippen molar-refractivity contribution >= 4 is 11.4 Å². The molecule has 3 nitrogen and oxygen atoms in total. The highest BCUT2D eigenvalue weighted by Crippen LogP contribution is 2.24. The standard InChI is InChI=1S/C16H20N2O/c1-4-13-5-7-14(8-6-13)18(3)15-9-10-16(12(2)19)17-11-15/h5-12,19H,4H2,1-3H3. The molecule has 1 aromatic heterocycles. The lowest BCUT2D eigenvalue weighted by molar-refractivity contribution is 0.194. The molecule has 0 aliphatic rings. The van der Waals surface area contributed by atoms with Gasteiger partial charge in [-0.15, -0.1) is 0 Å². The van der Waals surface area contributed by atoms with Gasteiger partial charge in [0.15, 0.2) is 0 Å². The predicted octanol–water partition coefficient (Wildman–Crippen LogP) is 3.47.